The van der Waals surface area contributed by atoms with Crippen molar-refractivity contribution in [3.63, 3.8) is 0 Å². The maximum absolute atomic E-state index is 14.1. The van der Waals surface area contributed by atoms with Gasteiger partial charge in [0.2, 0.25) is 0 Å². The van der Waals surface area contributed by atoms with E-state index in [2.05, 4.69) is 10.5 Å². The van der Waals surface area contributed by atoms with Gasteiger partial charge in [-0.15, -0.1) is 0 Å². The number of methoxy groups -OCH3 is 1. The molecular formula is C21H21F2N3O3. The van der Waals surface area contributed by atoms with Gasteiger partial charge in [-0.25, -0.2) is 8.78 Å². The topological polar surface area (TPSA) is 67.6 Å². The molecule has 0 aliphatic heterocycles. The maximum atomic E-state index is 14.1. The van der Waals surface area contributed by atoms with E-state index in [0.29, 0.717) is 11.5 Å². The summed E-state index contributed by atoms with van der Waals surface area (Å²) in [5, 5.41) is 6.52. The Balaban J connectivity index is 1.70. The van der Waals surface area contributed by atoms with Crippen LogP contribution in [-0.4, -0.2) is 43.7 Å². The molecule has 29 heavy (non-hydrogen) atoms. The highest BCUT2D eigenvalue weighted by Crippen LogP contribution is 2.24. The number of nitrogens with one attached hydrogen (secondary N) is 1. The Morgan fingerprint density at radius 1 is 1.17 bits per heavy atom. The van der Waals surface area contributed by atoms with Crippen molar-refractivity contribution < 1.29 is 22.8 Å². The average Bonchev–Trinajstić information content (AvgIpc) is 3.19. The molecule has 0 aliphatic rings. The molecule has 0 bridgehead atoms. The lowest BCUT2D eigenvalue weighted by atomic mass is 10.0. The molecule has 1 heterocycles. The van der Waals surface area contributed by atoms with Crippen LogP contribution in [0.2, 0.25) is 0 Å². The van der Waals surface area contributed by atoms with Crippen LogP contribution < -0.4 is 10.1 Å². The highest BCUT2D eigenvalue weighted by Gasteiger charge is 2.21. The van der Waals surface area contributed by atoms with E-state index in [9.17, 15) is 13.6 Å². The number of benzene rings is 2. The molecule has 0 saturated carbocycles. The molecule has 1 aromatic heterocycles. The minimum Gasteiger partial charge on any atom is -0.497 e. The number of amides is 1. The fourth-order valence-corrected chi connectivity index (χ4v) is 2.90. The molecule has 0 aliphatic carbocycles. The molecule has 3 rings (SSSR count). The summed E-state index contributed by atoms with van der Waals surface area (Å²) in [4.78, 5) is 14.2. The van der Waals surface area contributed by atoms with Crippen molar-refractivity contribution >= 4 is 5.91 Å². The zero-order chi connectivity index (χ0) is 21.0. The summed E-state index contributed by atoms with van der Waals surface area (Å²) in [5.74, 6) is -0.633. The Hall–Kier alpha value is -3.26. The molecule has 6 nitrogen and oxygen atoms in total. The minimum absolute atomic E-state index is 0.105. The molecule has 0 fully saturated rings. The van der Waals surface area contributed by atoms with Crippen molar-refractivity contribution in [2.24, 2.45) is 0 Å². The second-order valence-electron chi connectivity index (χ2n) is 6.66. The van der Waals surface area contributed by atoms with Crippen molar-refractivity contribution in [2.75, 3.05) is 27.7 Å². The number of hydrogen-bond donors (Lipinski definition) is 1. The lowest BCUT2D eigenvalue weighted by Crippen LogP contribution is -2.35. The zero-order valence-electron chi connectivity index (χ0n) is 16.3. The summed E-state index contributed by atoms with van der Waals surface area (Å²) >= 11 is 0. The van der Waals surface area contributed by atoms with E-state index in [1.807, 2.05) is 0 Å². The summed E-state index contributed by atoms with van der Waals surface area (Å²) in [5.41, 5.74) is 1.14. The lowest BCUT2D eigenvalue weighted by molar-refractivity contribution is 0.0932. The van der Waals surface area contributed by atoms with E-state index in [1.165, 1.54) is 18.2 Å². The zero-order valence-corrected chi connectivity index (χ0v) is 16.3. The summed E-state index contributed by atoms with van der Waals surface area (Å²) < 4.78 is 37.7. The summed E-state index contributed by atoms with van der Waals surface area (Å²) in [6, 6.07) is 11.6. The number of halogens is 2. The van der Waals surface area contributed by atoms with Crippen LogP contribution in [0.5, 0.6) is 5.75 Å². The first kappa shape index (κ1) is 20.5. The van der Waals surface area contributed by atoms with E-state index < -0.39 is 23.6 Å². The molecule has 3 aromatic rings. The van der Waals surface area contributed by atoms with Crippen LogP contribution in [0, 0.1) is 11.6 Å². The molecule has 0 spiro atoms. The van der Waals surface area contributed by atoms with Crippen molar-refractivity contribution in [3.05, 3.63) is 71.4 Å². The van der Waals surface area contributed by atoms with Crippen LogP contribution in [0.25, 0.3) is 11.3 Å². The van der Waals surface area contributed by atoms with E-state index >= 15 is 0 Å². The fourth-order valence-electron chi connectivity index (χ4n) is 2.90. The number of likely N-dealkylation sites (N-methyl/N-ethyl adjacent to an activating group) is 1. The Kier molecular flexibility index (Phi) is 6.23. The second kappa shape index (κ2) is 8.83. The molecular weight excluding hydrogens is 380 g/mol. The Morgan fingerprint density at radius 2 is 1.90 bits per heavy atom. The van der Waals surface area contributed by atoms with E-state index in [0.717, 1.165) is 11.6 Å². The Bertz CT molecular complexity index is 987. The monoisotopic (exact) mass is 401 g/mol. The average molecular weight is 401 g/mol. The number of aromatic nitrogens is 1. The van der Waals surface area contributed by atoms with E-state index in [-0.39, 0.29) is 17.8 Å². The van der Waals surface area contributed by atoms with Gasteiger partial charge in [-0.05, 0) is 44.4 Å². The quantitative estimate of drug-likeness (QED) is 0.655. The van der Waals surface area contributed by atoms with Crippen LogP contribution in [0.3, 0.4) is 0 Å². The predicted octanol–water partition coefficient (Wildman–Crippen LogP) is 3.66. The highest BCUT2D eigenvalue weighted by molar-refractivity contribution is 5.93. The molecule has 1 atom stereocenters. The number of ether oxygens (including phenoxy) is 1. The van der Waals surface area contributed by atoms with E-state index in [1.54, 1.807) is 50.4 Å². The second-order valence-corrected chi connectivity index (χ2v) is 6.66. The third-order valence-electron chi connectivity index (χ3n) is 4.52. The summed E-state index contributed by atoms with van der Waals surface area (Å²) in [6.07, 6.45) is 0. The normalized spacial score (nSPS) is 12.1. The standard InChI is InChI=1S/C21H21F2N3O3/c1-26(2)19(16-9-6-14(22)10-17(16)23)12-24-21(27)18-11-20(29-25-18)13-4-7-15(28-3)8-5-13/h4-11,19H,12H2,1-3H3,(H,24,27). The first-order valence-electron chi connectivity index (χ1n) is 8.89. The predicted molar refractivity (Wildman–Crippen MR) is 104 cm³/mol. The maximum Gasteiger partial charge on any atom is 0.273 e. The third-order valence-corrected chi connectivity index (χ3v) is 4.52. The SMILES string of the molecule is COc1ccc(-c2cc(C(=O)NCC(c3ccc(F)cc3F)N(C)C)no2)cc1. The smallest absolute Gasteiger partial charge is 0.273 e. The summed E-state index contributed by atoms with van der Waals surface area (Å²) in [6.45, 7) is 0.110. The number of carbonyl (C=O) groups excluding carboxylic acids is 1. The van der Waals surface area contributed by atoms with Crippen LogP contribution in [0.1, 0.15) is 22.1 Å². The molecule has 1 amide bonds. The molecule has 0 saturated heterocycles. The summed E-state index contributed by atoms with van der Waals surface area (Å²) in [7, 11) is 5.07. The highest BCUT2D eigenvalue weighted by atomic mass is 19.1. The molecule has 152 valence electrons. The largest absolute Gasteiger partial charge is 0.497 e. The Labute approximate surface area is 167 Å². The Morgan fingerprint density at radius 3 is 2.52 bits per heavy atom. The fraction of sp³-hybridized carbons (Fsp3) is 0.238. The van der Waals surface area contributed by atoms with E-state index in [4.69, 9.17) is 9.26 Å². The van der Waals surface area contributed by atoms with Gasteiger partial charge >= 0.3 is 0 Å². The minimum atomic E-state index is -0.666. The molecule has 8 heteroatoms. The van der Waals surface area contributed by atoms with Gasteiger partial charge in [0, 0.05) is 29.8 Å². The van der Waals surface area contributed by atoms with Gasteiger partial charge in [0.1, 0.15) is 17.4 Å². The van der Waals surface area contributed by atoms with Crippen molar-refractivity contribution in [1.29, 1.82) is 0 Å². The van der Waals surface area contributed by atoms with Gasteiger partial charge in [-0.3, -0.25) is 4.79 Å². The molecule has 0 radical (unpaired) electrons. The van der Waals surface area contributed by atoms with Gasteiger partial charge in [-0.1, -0.05) is 11.2 Å². The van der Waals surface area contributed by atoms with Crippen LogP contribution in [0.15, 0.2) is 53.1 Å². The number of rotatable bonds is 7. The van der Waals surface area contributed by atoms with Crippen molar-refractivity contribution in [2.45, 2.75) is 6.04 Å². The van der Waals surface area contributed by atoms with Crippen LogP contribution in [0.4, 0.5) is 8.78 Å². The first-order chi connectivity index (χ1) is 13.9. The first-order valence-corrected chi connectivity index (χ1v) is 8.89. The third kappa shape index (κ3) is 4.78. The number of carbonyl (C=O) groups is 1. The molecule has 1 N–H and O–H groups in total. The van der Waals surface area contributed by atoms with Crippen LogP contribution >= 0.6 is 0 Å². The van der Waals surface area contributed by atoms with Crippen molar-refractivity contribution in [1.82, 2.24) is 15.4 Å². The van der Waals surface area contributed by atoms with Gasteiger partial charge < -0.3 is 19.5 Å². The van der Waals surface area contributed by atoms with Gasteiger partial charge in [0.25, 0.3) is 5.91 Å². The van der Waals surface area contributed by atoms with Gasteiger partial charge in [0.05, 0.1) is 13.2 Å². The number of hydrogen-bond acceptors (Lipinski definition) is 5. The van der Waals surface area contributed by atoms with Crippen molar-refractivity contribution in [3.8, 4) is 17.1 Å². The molecule has 2 aromatic carbocycles. The van der Waals surface area contributed by atoms with Gasteiger partial charge in [0.15, 0.2) is 11.5 Å². The van der Waals surface area contributed by atoms with Gasteiger partial charge in [-0.2, -0.15) is 0 Å². The lowest BCUT2D eigenvalue weighted by Gasteiger charge is -2.25. The number of nitrogens with zero attached hydrogens (tertiary/aromatic N) is 2. The van der Waals surface area contributed by atoms with Crippen LogP contribution in [-0.2, 0) is 0 Å². The molecule has 1 unspecified atom stereocenters.